The highest BCUT2D eigenvalue weighted by Crippen LogP contribution is 2.23. The fourth-order valence-corrected chi connectivity index (χ4v) is 3.48. The molecule has 0 saturated carbocycles. The molecule has 31 heavy (non-hydrogen) atoms. The van der Waals surface area contributed by atoms with Crippen molar-refractivity contribution in [2.75, 3.05) is 18.5 Å². The predicted molar refractivity (Wildman–Crippen MR) is 126 cm³/mol. The molecular weight excluding hydrogens is 384 g/mol. The number of anilines is 1. The molecule has 4 aromatic rings. The van der Waals surface area contributed by atoms with Crippen molar-refractivity contribution in [3.63, 3.8) is 0 Å². The molecule has 0 amide bonds. The Hall–Kier alpha value is -3.34. The molecule has 0 aliphatic heterocycles. The van der Waals surface area contributed by atoms with Gasteiger partial charge in [-0.3, -0.25) is 0 Å². The molecule has 4 rings (SSSR count). The second-order valence-corrected chi connectivity index (χ2v) is 8.91. The van der Waals surface area contributed by atoms with Crippen molar-refractivity contribution in [1.29, 1.82) is 0 Å². The van der Waals surface area contributed by atoms with Crippen molar-refractivity contribution in [2.45, 2.75) is 39.5 Å². The van der Waals surface area contributed by atoms with Gasteiger partial charge in [0.05, 0.1) is 12.2 Å². The molecule has 0 aliphatic rings. The lowest BCUT2D eigenvalue weighted by molar-refractivity contribution is 0.332. The highest BCUT2D eigenvalue weighted by atomic mass is 16.5. The highest BCUT2D eigenvalue weighted by Gasteiger charge is 2.19. The standard InChI is InChI=1S/C26H30N4O/c1-19-16-24(30-25(28-19)18-23(29-30)26(2,3)4)27-14-15-31-22-12-10-21(11-13-22)17-20-8-6-5-7-9-20/h5-13,16,18,27H,14-15,17H2,1-4H3. The normalized spacial score (nSPS) is 11.6. The van der Waals surface area contributed by atoms with Gasteiger partial charge >= 0.3 is 0 Å². The summed E-state index contributed by atoms with van der Waals surface area (Å²) in [5.41, 5.74) is 5.43. The molecule has 2 heterocycles. The minimum atomic E-state index is -0.0192. The van der Waals surface area contributed by atoms with E-state index in [0.29, 0.717) is 13.2 Å². The van der Waals surface area contributed by atoms with Crippen molar-refractivity contribution < 1.29 is 4.74 Å². The predicted octanol–water partition coefficient (Wildman–Crippen LogP) is 5.42. The summed E-state index contributed by atoms with van der Waals surface area (Å²) >= 11 is 0. The van der Waals surface area contributed by atoms with Crippen LogP contribution in [-0.2, 0) is 11.8 Å². The van der Waals surface area contributed by atoms with E-state index < -0.39 is 0 Å². The largest absolute Gasteiger partial charge is 0.492 e. The van der Waals surface area contributed by atoms with E-state index >= 15 is 0 Å². The molecule has 2 aromatic carbocycles. The minimum absolute atomic E-state index is 0.0192. The number of benzene rings is 2. The molecule has 0 radical (unpaired) electrons. The Balaban J connectivity index is 1.34. The molecule has 5 nitrogen and oxygen atoms in total. The Morgan fingerprint density at radius 3 is 2.35 bits per heavy atom. The molecule has 0 fully saturated rings. The zero-order valence-electron chi connectivity index (χ0n) is 18.7. The van der Waals surface area contributed by atoms with Crippen molar-refractivity contribution in [2.24, 2.45) is 0 Å². The number of aryl methyl sites for hydroxylation is 1. The van der Waals surface area contributed by atoms with Gasteiger partial charge < -0.3 is 10.1 Å². The number of rotatable bonds is 7. The molecule has 0 bridgehead atoms. The summed E-state index contributed by atoms with van der Waals surface area (Å²) in [6.45, 7) is 9.72. The van der Waals surface area contributed by atoms with Gasteiger partial charge in [0.2, 0.25) is 0 Å². The van der Waals surface area contributed by atoms with Gasteiger partial charge in [-0.15, -0.1) is 0 Å². The first kappa shape index (κ1) is 20.9. The maximum atomic E-state index is 5.93. The lowest BCUT2D eigenvalue weighted by atomic mass is 9.93. The van der Waals surface area contributed by atoms with Crippen LogP contribution in [0.2, 0.25) is 0 Å². The monoisotopic (exact) mass is 414 g/mol. The maximum absolute atomic E-state index is 5.93. The Labute approximate surface area is 184 Å². The third-order valence-electron chi connectivity index (χ3n) is 5.18. The van der Waals surface area contributed by atoms with E-state index in [2.05, 4.69) is 73.5 Å². The Morgan fingerprint density at radius 2 is 1.65 bits per heavy atom. The van der Waals surface area contributed by atoms with E-state index in [4.69, 9.17) is 9.84 Å². The van der Waals surface area contributed by atoms with Crippen molar-refractivity contribution in [1.82, 2.24) is 14.6 Å². The Bertz CT molecular complexity index is 1140. The smallest absolute Gasteiger partial charge is 0.157 e. The molecular formula is C26H30N4O. The van der Waals surface area contributed by atoms with E-state index in [0.717, 1.165) is 35.0 Å². The lowest BCUT2D eigenvalue weighted by Crippen LogP contribution is -2.15. The zero-order valence-corrected chi connectivity index (χ0v) is 18.7. The zero-order chi connectivity index (χ0) is 21.8. The third-order valence-corrected chi connectivity index (χ3v) is 5.18. The van der Waals surface area contributed by atoms with E-state index in [1.54, 1.807) is 0 Å². The second-order valence-electron chi connectivity index (χ2n) is 8.91. The van der Waals surface area contributed by atoms with Crippen LogP contribution in [-0.4, -0.2) is 27.7 Å². The summed E-state index contributed by atoms with van der Waals surface area (Å²) in [7, 11) is 0. The Kier molecular flexibility index (Phi) is 5.94. The summed E-state index contributed by atoms with van der Waals surface area (Å²) in [6.07, 6.45) is 0.931. The quantitative estimate of drug-likeness (QED) is 0.411. The van der Waals surface area contributed by atoms with Gasteiger partial charge in [-0.1, -0.05) is 63.2 Å². The molecule has 0 saturated heterocycles. The van der Waals surface area contributed by atoms with Gasteiger partial charge in [0.25, 0.3) is 0 Å². The first-order valence-electron chi connectivity index (χ1n) is 10.8. The van der Waals surface area contributed by atoms with Crippen molar-refractivity contribution in [3.8, 4) is 5.75 Å². The van der Waals surface area contributed by atoms with Gasteiger partial charge in [0.1, 0.15) is 18.2 Å². The lowest BCUT2D eigenvalue weighted by Gasteiger charge is -2.14. The molecule has 0 spiro atoms. The highest BCUT2D eigenvalue weighted by molar-refractivity contribution is 5.51. The molecule has 1 N–H and O–H groups in total. The van der Waals surface area contributed by atoms with Crippen LogP contribution >= 0.6 is 0 Å². The van der Waals surface area contributed by atoms with Crippen LogP contribution in [0.25, 0.3) is 5.65 Å². The van der Waals surface area contributed by atoms with Crippen LogP contribution in [0, 0.1) is 6.92 Å². The average Bonchev–Trinajstić information content (AvgIpc) is 3.18. The molecule has 0 unspecified atom stereocenters. The number of ether oxygens (including phenoxy) is 1. The molecule has 2 aromatic heterocycles. The van der Waals surface area contributed by atoms with Crippen LogP contribution in [0.1, 0.15) is 43.3 Å². The average molecular weight is 415 g/mol. The topological polar surface area (TPSA) is 51.5 Å². The number of hydrogen-bond donors (Lipinski definition) is 1. The van der Waals surface area contributed by atoms with E-state index in [-0.39, 0.29) is 5.41 Å². The first-order valence-corrected chi connectivity index (χ1v) is 10.8. The van der Waals surface area contributed by atoms with Gasteiger partial charge in [-0.2, -0.15) is 9.61 Å². The third kappa shape index (κ3) is 5.23. The molecule has 0 atom stereocenters. The first-order chi connectivity index (χ1) is 14.9. The molecule has 5 heteroatoms. The van der Waals surface area contributed by atoms with Crippen molar-refractivity contribution >= 4 is 11.5 Å². The number of hydrogen-bond acceptors (Lipinski definition) is 4. The summed E-state index contributed by atoms with van der Waals surface area (Å²) in [5.74, 6) is 1.81. The van der Waals surface area contributed by atoms with Crippen LogP contribution in [0.15, 0.2) is 66.7 Å². The van der Waals surface area contributed by atoms with E-state index in [1.165, 1.54) is 11.1 Å². The van der Waals surface area contributed by atoms with E-state index in [9.17, 15) is 0 Å². The fourth-order valence-electron chi connectivity index (χ4n) is 3.48. The second kappa shape index (κ2) is 8.80. The summed E-state index contributed by atoms with van der Waals surface area (Å²) in [6, 6.07) is 22.9. The summed E-state index contributed by atoms with van der Waals surface area (Å²) in [5, 5.41) is 8.20. The molecule has 160 valence electrons. The van der Waals surface area contributed by atoms with Gasteiger partial charge in [-0.05, 0) is 36.6 Å². The van der Waals surface area contributed by atoms with Gasteiger partial charge in [0.15, 0.2) is 5.65 Å². The minimum Gasteiger partial charge on any atom is -0.492 e. The summed E-state index contributed by atoms with van der Waals surface area (Å²) in [4.78, 5) is 4.61. The Morgan fingerprint density at radius 1 is 0.935 bits per heavy atom. The SMILES string of the molecule is Cc1cc(NCCOc2ccc(Cc3ccccc3)cc2)n2nc(C(C)(C)C)cc2n1. The summed E-state index contributed by atoms with van der Waals surface area (Å²) < 4.78 is 7.81. The number of aromatic nitrogens is 3. The maximum Gasteiger partial charge on any atom is 0.157 e. The van der Waals surface area contributed by atoms with Crippen molar-refractivity contribution in [3.05, 3.63) is 89.2 Å². The number of nitrogens with one attached hydrogen (secondary N) is 1. The van der Waals surface area contributed by atoms with Crippen LogP contribution in [0.4, 0.5) is 5.82 Å². The van der Waals surface area contributed by atoms with E-state index in [1.807, 2.05) is 35.7 Å². The van der Waals surface area contributed by atoms with Crippen LogP contribution in [0.5, 0.6) is 5.75 Å². The van der Waals surface area contributed by atoms with Crippen LogP contribution in [0.3, 0.4) is 0 Å². The van der Waals surface area contributed by atoms with Gasteiger partial charge in [0, 0.05) is 23.2 Å². The molecule has 0 aliphatic carbocycles. The number of nitrogens with zero attached hydrogens (tertiary/aromatic N) is 3. The van der Waals surface area contributed by atoms with Gasteiger partial charge in [-0.25, -0.2) is 4.98 Å². The van der Waals surface area contributed by atoms with Crippen LogP contribution < -0.4 is 10.1 Å². The fraction of sp³-hybridized carbons (Fsp3) is 0.308. The number of fused-ring (bicyclic) bond motifs is 1.